The molecule has 1 aromatic heterocycles. The number of fused-ring (bicyclic) bond motifs is 1. The maximum absolute atomic E-state index is 11.5. The molecular weight excluding hydrogens is 298 g/mol. The Balaban J connectivity index is 2.97. The number of nitrogens with zero attached hydrogens (tertiary/aromatic N) is 1. The van der Waals surface area contributed by atoms with Crippen LogP contribution in [0.1, 0.15) is 0 Å². The van der Waals surface area contributed by atoms with E-state index in [0.717, 1.165) is 14.6 Å². The Labute approximate surface area is 92.0 Å². The molecule has 1 heterocycles. The summed E-state index contributed by atoms with van der Waals surface area (Å²) in [4.78, 5) is 0. The van der Waals surface area contributed by atoms with Crippen LogP contribution in [0.5, 0.6) is 0 Å². The van der Waals surface area contributed by atoms with Gasteiger partial charge in [0, 0.05) is 32.5 Å². The van der Waals surface area contributed by atoms with Crippen LogP contribution in [-0.4, -0.2) is 0 Å². The van der Waals surface area contributed by atoms with Crippen LogP contribution in [0.3, 0.4) is 0 Å². The summed E-state index contributed by atoms with van der Waals surface area (Å²) in [7, 11) is 0. The first-order valence-corrected chi connectivity index (χ1v) is 5.25. The minimum atomic E-state index is 0.512. The summed E-state index contributed by atoms with van der Waals surface area (Å²) in [5.74, 6) is 0. The van der Waals surface area contributed by atoms with E-state index in [9.17, 15) is 5.21 Å². The molecule has 0 unspecified atom stereocenters. The van der Waals surface area contributed by atoms with E-state index in [1.165, 1.54) is 0 Å². The third kappa shape index (κ3) is 1.44. The van der Waals surface area contributed by atoms with Crippen molar-refractivity contribution in [3.05, 3.63) is 44.6 Å². The highest BCUT2D eigenvalue weighted by Gasteiger charge is 2.10. The largest absolute Gasteiger partial charge is 0.617 e. The molecule has 13 heavy (non-hydrogen) atoms. The van der Waals surface area contributed by atoms with Crippen molar-refractivity contribution < 1.29 is 4.73 Å². The lowest BCUT2D eigenvalue weighted by Crippen LogP contribution is -2.28. The lowest BCUT2D eigenvalue weighted by atomic mass is 10.2. The Morgan fingerprint density at radius 3 is 2.62 bits per heavy atom. The number of halogens is 2. The van der Waals surface area contributed by atoms with Gasteiger partial charge in [-0.25, -0.2) is 0 Å². The normalized spacial score (nSPS) is 10.6. The molecule has 2 aromatic rings. The highest BCUT2D eigenvalue weighted by atomic mass is 79.9. The lowest BCUT2D eigenvalue weighted by Gasteiger charge is -2.04. The van der Waals surface area contributed by atoms with Crippen LogP contribution in [0.25, 0.3) is 10.9 Å². The smallest absolute Gasteiger partial charge is 0.260 e. The van der Waals surface area contributed by atoms with Gasteiger partial charge < -0.3 is 5.21 Å². The summed E-state index contributed by atoms with van der Waals surface area (Å²) in [6.45, 7) is 0. The number of para-hydroxylation sites is 1. The van der Waals surface area contributed by atoms with Crippen molar-refractivity contribution in [3.63, 3.8) is 0 Å². The maximum Gasteiger partial charge on any atom is 0.260 e. The Morgan fingerprint density at radius 2 is 1.85 bits per heavy atom. The molecule has 0 aliphatic heterocycles. The highest BCUT2D eigenvalue weighted by molar-refractivity contribution is 9.11. The minimum absolute atomic E-state index is 0.512. The molecule has 2 nitrogen and oxygen atoms in total. The predicted octanol–water partition coefficient (Wildman–Crippen LogP) is 3.00. The molecule has 0 aliphatic carbocycles. The summed E-state index contributed by atoms with van der Waals surface area (Å²) >= 11 is 6.59. The van der Waals surface area contributed by atoms with Gasteiger partial charge in [-0.15, -0.1) is 0 Å². The van der Waals surface area contributed by atoms with E-state index in [1.807, 2.05) is 18.2 Å². The van der Waals surface area contributed by atoms with Crippen LogP contribution < -0.4 is 4.73 Å². The van der Waals surface area contributed by atoms with Gasteiger partial charge in [-0.1, -0.05) is 12.1 Å². The fourth-order valence-corrected chi connectivity index (χ4v) is 2.49. The zero-order chi connectivity index (χ0) is 9.42. The van der Waals surface area contributed by atoms with E-state index in [-0.39, 0.29) is 0 Å². The number of rotatable bonds is 0. The van der Waals surface area contributed by atoms with Crippen molar-refractivity contribution in [3.8, 4) is 0 Å². The van der Waals surface area contributed by atoms with Gasteiger partial charge in [0.1, 0.15) is 0 Å². The predicted molar refractivity (Wildman–Crippen MR) is 58.3 cm³/mol. The number of hydrogen-bond acceptors (Lipinski definition) is 1. The van der Waals surface area contributed by atoms with Crippen LogP contribution in [0.15, 0.2) is 39.4 Å². The second-order valence-corrected chi connectivity index (χ2v) is 4.29. The summed E-state index contributed by atoms with van der Waals surface area (Å²) in [6.07, 6.45) is 0. The van der Waals surface area contributed by atoms with Crippen molar-refractivity contribution in [1.29, 1.82) is 0 Å². The van der Waals surface area contributed by atoms with Crippen LogP contribution in [0.4, 0.5) is 0 Å². The lowest BCUT2D eigenvalue weighted by molar-refractivity contribution is -0.589. The summed E-state index contributed by atoms with van der Waals surface area (Å²) < 4.78 is 2.29. The first kappa shape index (κ1) is 8.97. The van der Waals surface area contributed by atoms with E-state index in [4.69, 9.17) is 0 Å². The minimum Gasteiger partial charge on any atom is -0.617 e. The molecule has 0 amide bonds. The third-order valence-electron chi connectivity index (χ3n) is 1.82. The van der Waals surface area contributed by atoms with Gasteiger partial charge in [0.05, 0.1) is 5.39 Å². The van der Waals surface area contributed by atoms with Crippen LogP contribution in [0, 0.1) is 5.21 Å². The van der Waals surface area contributed by atoms with Gasteiger partial charge in [-0.3, -0.25) is 0 Å². The van der Waals surface area contributed by atoms with Gasteiger partial charge in [0.25, 0.3) is 4.60 Å². The monoisotopic (exact) mass is 301 g/mol. The average Bonchev–Trinajstić information content (AvgIpc) is 2.15. The second-order valence-electron chi connectivity index (χ2n) is 2.63. The maximum atomic E-state index is 11.5. The number of benzene rings is 1. The van der Waals surface area contributed by atoms with Crippen LogP contribution in [0.2, 0.25) is 0 Å². The first-order chi connectivity index (χ1) is 6.20. The summed E-state index contributed by atoms with van der Waals surface area (Å²) in [6, 6.07) is 9.18. The zero-order valence-corrected chi connectivity index (χ0v) is 9.67. The van der Waals surface area contributed by atoms with Gasteiger partial charge >= 0.3 is 0 Å². The standard InChI is InChI=1S/C9H5Br2NO/c10-7-5-9(11)12(13)8-4-2-1-3-6(7)8/h1-5H. The molecule has 0 saturated heterocycles. The number of aromatic nitrogens is 1. The molecule has 0 aliphatic rings. The molecule has 0 radical (unpaired) electrons. The summed E-state index contributed by atoms with van der Waals surface area (Å²) in [5.41, 5.74) is 0.656. The zero-order valence-electron chi connectivity index (χ0n) is 6.50. The van der Waals surface area contributed by atoms with E-state index in [2.05, 4.69) is 31.9 Å². The van der Waals surface area contributed by atoms with Gasteiger partial charge in [-0.05, 0) is 22.0 Å². The molecule has 0 atom stereocenters. The third-order valence-corrected chi connectivity index (χ3v) is 3.03. The summed E-state index contributed by atoms with van der Waals surface area (Å²) in [5, 5.41) is 12.4. The Morgan fingerprint density at radius 1 is 1.15 bits per heavy atom. The SMILES string of the molecule is [O-][n+]1c(Br)cc(Br)c2ccccc21. The number of hydrogen-bond donors (Lipinski definition) is 0. The average molecular weight is 303 g/mol. The Bertz CT molecular complexity index is 470. The molecule has 1 aromatic carbocycles. The van der Waals surface area contributed by atoms with Crippen molar-refractivity contribution in [2.75, 3.05) is 0 Å². The molecular formula is C9H5Br2NO. The molecule has 0 N–H and O–H groups in total. The van der Waals surface area contributed by atoms with Crippen molar-refractivity contribution >= 4 is 42.8 Å². The number of pyridine rings is 1. The fraction of sp³-hybridized carbons (Fsp3) is 0. The molecule has 2 rings (SSSR count). The Kier molecular flexibility index (Phi) is 2.26. The molecule has 0 bridgehead atoms. The fourth-order valence-electron chi connectivity index (χ4n) is 1.21. The highest BCUT2D eigenvalue weighted by Crippen LogP contribution is 2.23. The topological polar surface area (TPSA) is 26.9 Å². The van der Waals surface area contributed by atoms with Crippen molar-refractivity contribution in [1.82, 2.24) is 0 Å². The van der Waals surface area contributed by atoms with E-state index in [1.54, 1.807) is 12.1 Å². The van der Waals surface area contributed by atoms with Crippen molar-refractivity contribution in [2.45, 2.75) is 0 Å². The van der Waals surface area contributed by atoms with E-state index < -0.39 is 0 Å². The van der Waals surface area contributed by atoms with E-state index in [0.29, 0.717) is 10.1 Å². The van der Waals surface area contributed by atoms with Gasteiger partial charge in [-0.2, -0.15) is 4.73 Å². The quantitative estimate of drug-likeness (QED) is 0.417. The van der Waals surface area contributed by atoms with Gasteiger partial charge in [0.2, 0.25) is 5.52 Å². The molecule has 4 heteroatoms. The molecule has 0 saturated carbocycles. The van der Waals surface area contributed by atoms with Gasteiger partial charge in [0.15, 0.2) is 0 Å². The van der Waals surface area contributed by atoms with Crippen molar-refractivity contribution in [2.24, 2.45) is 0 Å². The molecule has 0 fully saturated rings. The van der Waals surface area contributed by atoms with E-state index >= 15 is 0 Å². The first-order valence-electron chi connectivity index (χ1n) is 3.66. The second kappa shape index (κ2) is 3.27. The Hall–Kier alpha value is -0.610. The molecule has 66 valence electrons. The molecule has 0 spiro atoms. The van der Waals surface area contributed by atoms with Crippen LogP contribution in [-0.2, 0) is 0 Å². The van der Waals surface area contributed by atoms with Crippen LogP contribution >= 0.6 is 31.9 Å².